The molecule has 0 aliphatic carbocycles. The number of piperazine rings is 1. The first-order chi connectivity index (χ1) is 13.4. The van der Waals surface area contributed by atoms with Crippen molar-refractivity contribution < 1.29 is 19.4 Å². The molecule has 0 atom stereocenters. The Morgan fingerprint density at radius 1 is 0.929 bits per heavy atom. The molecule has 1 saturated heterocycles. The smallest absolute Gasteiger partial charge is 0.270 e. The fourth-order valence-corrected chi connectivity index (χ4v) is 3.10. The summed E-state index contributed by atoms with van der Waals surface area (Å²) < 4.78 is 5.18. The molecule has 0 bridgehead atoms. The molecule has 1 aliphatic heterocycles. The van der Waals surface area contributed by atoms with E-state index in [0.29, 0.717) is 26.2 Å². The molecule has 1 fully saturated rings. The summed E-state index contributed by atoms with van der Waals surface area (Å²) in [5.74, 6) is -0.0442. The monoisotopic (exact) mass is 386 g/mol. The maximum absolute atomic E-state index is 12.8. The van der Waals surface area contributed by atoms with Gasteiger partial charge in [-0.2, -0.15) is 0 Å². The molecule has 3 rings (SSSR count). The molecule has 10 nitrogen and oxygen atoms in total. The maximum atomic E-state index is 12.8. The van der Waals surface area contributed by atoms with Gasteiger partial charge in [0.2, 0.25) is 0 Å². The zero-order chi connectivity index (χ0) is 20.3. The van der Waals surface area contributed by atoms with Gasteiger partial charge in [-0.15, -0.1) is 0 Å². The van der Waals surface area contributed by atoms with E-state index in [2.05, 4.69) is 0 Å². The van der Waals surface area contributed by atoms with E-state index in [9.17, 15) is 25.0 Å². The van der Waals surface area contributed by atoms with Gasteiger partial charge in [0.25, 0.3) is 17.3 Å². The second-order valence-corrected chi connectivity index (χ2v) is 6.19. The minimum atomic E-state index is -0.553. The minimum Gasteiger partial charge on any atom is -0.496 e. The number of anilines is 1. The van der Waals surface area contributed by atoms with Crippen LogP contribution in [0, 0.1) is 20.2 Å². The third kappa shape index (κ3) is 3.85. The Hall–Kier alpha value is -3.69. The van der Waals surface area contributed by atoms with Crippen molar-refractivity contribution in [3.05, 3.63) is 68.3 Å². The molecular formula is C18H18N4O6. The number of ether oxygens (including phenoxy) is 1. The molecule has 2 aromatic rings. The van der Waals surface area contributed by atoms with Crippen molar-refractivity contribution in [1.82, 2.24) is 4.90 Å². The second kappa shape index (κ2) is 7.91. The molecule has 2 aromatic carbocycles. The average molecular weight is 386 g/mol. The highest BCUT2D eigenvalue weighted by molar-refractivity contribution is 5.97. The van der Waals surface area contributed by atoms with E-state index in [-0.39, 0.29) is 28.6 Å². The van der Waals surface area contributed by atoms with Crippen molar-refractivity contribution in [3.8, 4) is 5.75 Å². The van der Waals surface area contributed by atoms with Crippen molar-refractivity contribution >= 4 is 23.0 Å². The third-order valence-electron chi connectivity index (χ3n) is 4.62. The fourth-order valence-electron chi connectivity index (χ4n) is 3.10. The summed E-state index contributed by atoms with van der Waals surface area (Å²) in [5, 5.41) is 21.8. The van der Waals surface area contributed by atoms with Crippen LogP contribution in [0.25, 0.3) is 0 Å². The van der Waals surface area contributed by atoms with Crippen LogP contribution in [0.2, 0.25) is 0 Å². The largest absolute Gasteiger partial charge is 0.496 e. The molecule has 0 radical (unpaired) electrons. The van der Waals surface area contributed by atoms with Crippen LogP contribution in [0.4, 0.5) is 17.1 Å². The summed E-state index contributed by atoms with van der Waals surface area (Å²) in [6.45, 7) is 1.92. The number of nitrogens with zero attached hydrogens (tertiary/aromatic N) is 4. The van der Waals surface area contributed by atoms with Gasteiger partial charge in [-0.3, -0.25) is 25.0 Å². The SMILES string of the molecule is COc1ccc([N+](=O)[O-])cc1C(=O)N1CCN(c2ccc([N+](=O)[O-])cc2)CC1. The van der Waals surface area contributed by atoms with E-state index in [0.717, 1.165) is 5.69 Å². The Balaban J connectivity index is 1.71. The molecule has 0 spiro atoms. The number of carbonyl (C=O) groups excluding carboxylic acids is 1. The van der Waals surface area contributed by atoms with Gasteiger partial charge >= 0.3 is 0 Å². The van der Waals surface area contributed by atoms with Crippen LogP contribution < -0.4 is 9.64 Å². The summed E-state index contributed by atoms with van der Waals surface area (Å²) in [6.07, 6.45) is 0. The van der Waals surface area contributed by atoms with Gasteiger partial charge in [0.1, 0.15) is 5.75 Å². The summed E-state index contributed by atoms with van der Waals surface area (Å²) in [7, 11) is 1.41. The predicted octanol–water partition coefficient (Wildman–Crippen LogP) is 2.47. The molecule has 0 saturated carbocycles. The molecule has 10 heteroatoms. The zero-order valence-electron chi connectivity index (χ0n) is 15.1. The van der Waals surface area contributed by atoms with E-state index in [1.165, 1.54) is 37.4 Å². The lowest BCUT2D eigenvalue weighted by Crippen LogP contribution is -2.48. The van der Waals surface area contributed by atoms with Crippen molar-refractivity contribution in [3.63, 3.8) is 0 Å². The highest BCUT2D eigenvalue weighted by atomic mass is 16.6. The molecular weight excluding hydrogens is 368 g/mol. The fraction of sp³-hybridized carbons (Fsp3) is 0.278. The van der Waals surface area contributed by atoms with E-state index < -0.39 is 9.85 Å². The standard InChI is InChI=1S/C18H18N4O6/c1-28-17-7-6-15(22(26)27)12-16(17)18(23)20-10-8-19(9-11-20)13-2-4-14(5-3-13)21(24)25/h2-7,12H,8-11H2,1H3. The molecule has 1 amide bonds. The van der Waals surface area contributed by atoms with E-state index in [4.69, 9.17) is 4.74 Å². The minimum absolute atomic E-state index is 0.0235. The molecule has 0 aromatic heterocycles. The Bertz CT molecular complexity index is 907. The van der Waals surface area contributed by atoms with Gasteiger partial charge in [-0.1, -0.05) is 0 Å². The molecule has 1 heterocycles. The molecule has 146 valence electrons. The lowest BCUT2D eigenvalue weighted by molar-refractivity contribution is -0.385. The lowest BCUT2D eigenvalue weighted by atomic mass is 10.1. The quantitative estimate of drug-likeness (QED) is 0.572. The number of hydrogen-bond donors (Lipinski definition) is 0. The predicted molar refractivity (Wildman–Crippen MR) is 101 cm³/mol. The summed E-state index contributed by atoms with van der Waals surface area (Å²) in [6, 6.07) is 10.2. The Kier molecular flexibility index (Phi) is 5.39. The van der Waals surface area contributed by atoms with Crippen molar-refractivity contribution in [2.45, 2.75) is 0 Å². The van der Waals surface area contributed by atoms with Crippen LogP contribution in [0.5, 0.6) is 5.75 Å². The number of methoxy groups -OCH3 is 1. The van der Waals surface area contributed by atoms with Crippen molar-refractivity contribution in [1.29, 1.82) is 0 Å². The average Bonchev–Trinajstić information content (AvgIpc) is 2.72. The summed E-state index contributed by atoms with van der Waals surface area (Å²) in [5.41, 5.74) is 0.843. The first kappa shape index (κ1) is 19.1. The number of nitro benzene ring substituents is 2. The van der Waals surface area contributed by atoms with Crippen LogP contribution in [-0.2, 0) is 0 Å². The number of carbonyl (C=O) groups is 1. The van der Waals surface area contributed by atoms with Crippen LogP contribution in [-0.4, -0.2) is 53.9 Å². The van der Waals surface area contributed by atoms with Gasteiger partial charge in [-0.25, -0.2) is 0 Å². The highest BCUT2D eigenvalue weighted by Gasteiger charge is 2.26. The lowest BCUT2D eigenvalue weighted by Gasteiger charge is -2.36. The first-order valence-electron chi connectivity index (χ1n) is 8.52. The number of nitro groups is 2. The van der Waals surface area contributed by atoms with Crippen molar-refractivity contribution in [2.75, 3.05) is 38.2 Å². The van der Waals surface area contributed by atoms with Gasteiger partial charge < -0.3 is 14.5 Å². The Morgan fingerprint density at radius 3 is 2.04 bits per heavy atom. The Labute approximate surface area is 160 Å². The number of benzene rings is 2. The van der Waals surface area contributed by atoms with Crippen LogP contribution in [0.15, 0.2) is 42.5 Å². The van der Waals surface area contributed by atoms with Gasteiger partial charge in [0.05, 0.1) is 22.5 Å². The molecule has 0 N–H and O–H groups in total. The van der Waals surface area contributed by atoms with Crippen molar-refractivity contribution in [2.24, 2.45) is 0 Å². The molecule has 1 aliphatic rings. The van der Waals surface area contributed by atoms with E-state index >= 15 is 0 Å². The zero-order valence-corrected chi connectivity index (χ0v) is 15.1. The number of amides is 1. The second-order valence-electron chi connectivity index (χ2n) is 6.19. The van der Waals surface area contributed by atoms with E-state index in [1.807, 2.05) is 4.90 Å². The van der Waals surface area contributed by atoms with Gasteiger partial charge in [0.15, 0.2) is 0 Å². The number of rotatable bonds is 5. The Morgan fingerprint density at radius 2 is 1.50 bits per heavy atom. The maximum Gasteiger partial charge on any atom is 0.270 e. The number of hydrogen-bond acceptors (Lipinski definition) is 7. The van der Waals surface area contributed by atoms with Crippen LogP contribution in [0.1, 0.15) is 10.4 Å². The molecule has 28 heavy (non-hydrogen) atoms. The molecule has 0 unspecified atom stereocenters. The van der Waals surface area contributed by atoms with Crippen LogP contribution >= 0.6 is 0 Å². The van der Waals surface area contributed by atoms with Gasteiger partial charge in [-0.05, 0) is 18.2 Å². The highest BCUT2D eigenvalue weighted by Crippen LogP contribution is 2.26. The first-order valence-corrected chi connectivity index (χ1v) is 8.52. The summed E-state index contributed by atoms with van der Waals surface area (Å²) >= 11 is 0. The van der Waals surface area contributed by atoms with E-state index in [1.54, 1.807) is 17.0 Å². The number of non-ortho nitro benzene ring substituents is 2. The van der Waals surface area contributed by atoms with Gasteiger partial charge in [0, 0.05) is 56.1 Å². The topological polar surface area (TPSA) is 119 Å². The normalized spacial score (nSPS) is 13.9. The van der Waals surface area contributed by atoms with Crippen LogP contribution in [0.3, 0.4) is 0 Å². The third-order valence-corrected chi connectivity index (χ3v) is 4.62. The summed E-state index contributed by atoms with van der Waals surface area (Å²) in [4.78, 5) is 37.2.